The van der Waals surface area contributed by atoms with Crippen LogP contribution in [0, 0.1) is 11.8 Å². The topological polar surface area (TPSA) is 46.3 Å². The minimum absolute atomic E-state index is 0.298. The van der Waals surface area contributed by atoms with Gasteiger partial charge in [0.2, 0.25) is 5.91 Å². The largest absolute Gasteiger partial charge is 0.338 e. The average molecular weight is 210 g/mol. The van der Waals surface area contributed by atoms with Crippen molar-refractivity contribution < 1.29 is 4.79 Å². The van der Waals surface area contributed by atoms with Crippen molar-refractivity contribution in [2.75, 3.05) is 13.1 Å². The summed E-state index contributed by atoms with van der Waals surface area (Å²) in [6, 6.07) is 0.298. The van der Waals surface area contributed by atoms with Crippen molar-refractivity contribution in [3.8, 4) is 0 Å². The molecule has 2 rings (SSSR count). The number of carbonyl (C=O) groups excluding carboxylic acids is 1. The fraction of sp³-hybridized carbons (Fsp3) is 0.917. The number of amides is 1. The van der Waals surface area contributed by atoms with Crippen LogP contribution in [0.1, 0.15) is 39.0 Å². The molecule has 86 valence electrons. The van der Waals surface area contributed by atoms with E-state index in [1.54, 1.807) is 0 Å². The molecule has 0 radical (unpaired) electrons. The second kappa shape index (κ2) is 4.52. The molecule has 1 amide bonds. The Balaban J connectivity index is 2.01. The average Bonchev–Trinajstić information content (AvgIpc) is 2.14. The first-order valence-corrected chi connectivity index (χ1v) is 6.24. The molecule has 1 heterocycles. The van der Waals surface area contributed by atoms with Crippen LogP contribution >= 0.6 is 0 Å². The number of nitrogens with zero attached hydrogens (tertiary/aromatic N) is 1. The smallest absolute Gasteiger partial charge is 0.225 e. The fourth-order valence-electron chi connectivity index (χ4n) is 2.77. The molecule has 3 nitrogen and oxygen atoms in total. The van der Waals surface area contributed by atoms with Gasteiger partial charge in [-0.2, -0.15) is 0 Å². The van der Waals surface area contributed by atoms with Gasteiger partial charge < -0.3 is 10.6 Å². The van der Waals surface area contributed by atoms with Crippen LogP contribution in [0.2, 0.25) is 0 Å². The molecule has 0 spiro atoms. The van der Waals surface area contributed by atoms with Gasteiger partial charge in [-0.15, -0.1) is 0 Å². The second-order valence-electron chi connectivity index (χ2n) is 5.08. The van der Waals surface area contributed by atoms with Crippen LogP contribution < -0.4 is 5.73 Å². The quantitative estimate of drug-likeness (QED) is 0.748. The van der Waals surface area contributed by atoms with Crippen LogP contribution in [0.4, 0.5) is 0 Å². The molecule has 0 aromatic heterocycles. The Morgan fingerprint density at radius 1 is 1.33 bits per heavy atom. The van der Waals surface area contributed by atoms with Crippen LogP contribution in [-0.2, 0) is 4.79 Å². The lowest BCUT2D eigenvalue weighted by molar-refractivity contribution is -0.143. The Labute approximate surface area is 92.0 Å². The summed E-state index contributed by atoms with van der Waals surface area (Å²) in [7, 11) is 0. The van der Waals surface area contributed by atoms with Gasteiger partial charge >= 0.3 is 0 Å². The van der Waals surface area contributed by atoms with Gasteiger partial charge in [-0.25, -0.2) is 0 Å². The third-order valence-corrected chi connectivity index (χ3v) is 4.09. The van der Waals surface area contributed by atoms with Crippen molar-refractivity contribution in [1.29, 1.82) is 0 Å². The highest BCUT2D eigenvalue weighted by atomic mass is 16.2. The molecule has 1 aliphatic heterocycles. The summed E-state index contributed by atoms with van der Waals surface area (Å²) >= 11 is 0. The Morgan fingerprint density at radius 3 is 2.60 bits per heavy atom. The van der Waals surface area contributed by atoms with E-state index in [1.807, 2.05) is 0 Å². The minimum atomic E-state index is 0.298. The van der Waals surface area contributed by atoms with E-state index in [9.17, 15) is 4.79 Å². The van der Waals surface area contributed by atoms with Crippen molar-refractivity contribution >= 4 is 5.91 Å². The number of rotatable bonds is 2. The van der Waals surface area contributed by atoms with E-state index < -0.39 is 0 Å². The van der Waals surface area contributed by atoms with Gasteiger partial charge in [0.05, 0.1) is 0 Å². The summed E-state index contributed by atoms with van der Waals surface area (Å²) < 4.78 is 0. The molecule has 2 N–H and O–H groups in total. The van der Waals surface area contributed by atoms with Gasteiger partial charge in [-0.3, -0.25) is 4.79 Å². The van der Waals surface area contributed by atoms with Crippen molar-refractivity contribution in [3.63, 3.8) is 0 Å². The molecule has 1 aliphatic carbocycles. The van der Waals surface area contributed by atoms with Crippen LogP contribution in [0.3, 0.4) is 0 Å². The van der Waals surface area contributed by atoms with E-state index >= 15 is 0 Å². The first kappa shape index (κ1) is 10.9. The van der Waals surface area contributed by atoms with Crippen LogP contribution in [0.5, 0.6) is 0 Å². The molecule has 0 unspecified atom stereocenters. The Hall–Kier alpha value is -0.570. The molecule has 0 aromatic rings. The Kier molecular flexibility index (Phi) is 3.29. The highest BCUT2D eigenvalue weighted by molar-refractivity contribution is 5.80. The van der Waals surface area contributed by atoms with E-state index in [-0.39, 0.29) is 0 Å². The lowest BCUT2D eigenvalue weighted by Gasteiger charge is -2.42. The van der Waals surface area contributed by atoms with Crippen LogP contribution in [0.25, 0.3) is 0 Å². The summed E-state index contributed by atoms with van der Waals surface area (Å²) in [4.78, 5) is 14.2. The second-order valence-corrected chi connectivity index (χ2v) is 5.08. The SMILES string of the molecule is C[C@H]1CCCN(C(=O)C2CCC2)[C@H]1CN. The Morgan fingerprint density at radius 2 is 2.07 bits per heavy atom. The molecular formula is C12H22N2O. The molecule has 0 bridgehead atoms. The van der Waals surface area contributed by atoms with Crippen molar-refractivity contribution in [3.05, 3.63) is 0 Å². The lowest BCUT2D eigenvalue weighted by Crippen LogP contribution is -2.53. The molecule has 1 saturated carbocycles. The number of hydrogen-bond acceptors (Lipinski definition) is 2. The van der Waals surface area contributed by atoms with Crippen molar-refractivity contribution in [1.82, 2.24) is 4.90 Å². The summed E-state index contributed by atoms with van der Waals surface area (Å²) in [6.07, 6.45) is 5.79. The molecule has 1 saturated heterocycles. The number of piperidine rings is 1. The van der Waals surface area contributed by atoms with Crippen molar-refractivity contribution in [2.45, 2.75) is 45.1 Å². The van der Waals surface area contributed by atoms with Crippen LogP contribution in [0.15, 0.2) is 0 Å². The maximum Gasteiger partial charge on any atom is 0.225 e. The molecule has 15 heavy (non-hydrogen) atoms. The van der Waals surface area contributed by atoms with E-state index in [0.29, 0.717) is 30.3 Å². The first-order valence-electron chi connectivity index (χ1n) is 6.24. The summed E-state index contributed by atoms with van der Waals surface area (Å²) in [5.41, 5.74) is 5.79. The molecule has 2 aliphatic rings. The summed E-state index contributed by atoms with van der Waals surface area (Å²) in [5.74, 6) is 1.28. The van der Waals surface area contributed by atoms with Gasteiger partial charge in [0.1, 0.15) is 0 Å². The van der Waals surface area contributed by atoms with Gasteiger partial charge in [0, 0.05) is 25.0 Å². The zero-order valence-electron chi connectivity index (χ0n) is 9.61. The maximum atomic E-state index is 12.2. The predicted octanol–water partition coefficient (Wildman–Crippen LogP) is 1.37. The molecule has 2 fully saturated rings. The number of nitrogens with two attached hydrogens (primary N) is 1. The third-order valence-electron chi connectivity index (χ3n) is 4.09. The van der Waals surface area contributed by atoms with Gasteiger partial charge in [0.15, 0.2) is 0 Å². The van der Waals surface area contributed by atoms with Crippen LogP contribution in [-0.4, -0.2) is 29.9 Å². The number of hydrogen-bond donors (Lipinski definition) is 1. The monoisotopic (exact) mass is 210 g/mol. The highest BCUT2D eigenvalue weighted by Crippen LogP contribution is 2.31. The van der Waals surface area contributed by atoms with Gasteiger partial charge in [-0.05, 0) is 31.6 Å². The van der Waals surface area contributed by atoms with Crippen molar-refractivity contribution in [2.24, 2.45) is 17.6 Å². The van der Waals surface area contributed by atoms with Gasteiger partial charge in [-0.1, -0.05) is 13.3 Å². The summed E-state index contributed by atoms with van der Waals surface area (Å²) in [6.45, 7) is 3.78. The lowest BCUT2D eigenvalue weighted by atomic mass is 9.82. The zero-order chi connectivity index (χ0) is 10.8. The summed E-state index contributed by atoms with van der Waals surface area (Å²) in [5, 5.41) is 0. The van der Waals surface area contributed by atoms with E-state index in [4.69, 9.17) is 5.73 Å². The highest BCUT2D eigenvalue weighted by Gasteiger charge is 2.36. The predicted molar refractivity (Wildman–Crippen MR) is 60.3 cm³/mol. The molecule has 3 heteroatoms. The number of likely N-dealkylation sites (tertiary alicyclic amines) is 1. The Bertz CT molecular complexity index is 238. The number of carbonyl (C=O) groups is 1. The molecule has 0 aromatic carbocycles. The third kappa shape index (κ3) is 2.03. The normalized spacial score (nSPS) is 32.5. The first-order chi connectivity index (χ1) is 7.24. The molecule has 2 atom stereocenters. The maximum absolute atomic E-state index is 12.2. The van der Waals surface area contributed by atoms with E-state index in [2.05, 4.69) is 11.8 Å². The van der Waals surface area contributed by atoms with Gasteiger partial charge in [0.25, 0.3) is 0 Å². The molecular weight excluding hydrogens is 188 g/mol. The zero-order valence-corrected chi connectivity index (χ0v) is 9.61. The van der Waals surface area contributed by atoms with E-state index in [1.165, 1.54) is 12.8 Å². The minimum Gasteiger partial charge on any atom is -0.338 e. The fourth-order valence-corrected chi connectivity index (χ4v) is 2.77. The van der Waals surface area contributed by atoms with E-state index in [0.717, 1.165) is 25.8 Å². The standard InChI is InChI=1S/C12H22N2O/c1-9-4-3-7-14(11(9)8-13)12(15)10-5-2-6-10/h9-11H,2-8,13H2,1H3/t9-,11-/m0/s1.